The summed E-state index contributed by atoms with van der Waals surface area (Å²) in [5.41, 5.74) is 0.545. The molecule has 122 valence electrons. The summed E-state index contributed by atoms with van der Waals surface area (Å²) in [6, 6.07) is 9.97. The molecule has 0 unspecified atom stereocenters. The maximum absolute atomic E-state index is 11.9. The van der Waals surface area contributed by atoms with Gasteiger partial charge in [0.25, 0.3) is 11.8 Å². The summed E-state index contributed by atoms with van der Waals surface area (Å²) in [6.45, 7) is 0.761. The monoisotopic (exact) mass is 318 g/mol. The van der Waals surface area contributed by atoms with Crippen molar-refractivity contribution >= 4 is 17.5 Å². The molecular weight excluding hydrogens is 300 g/mol. The van der Waals surface area contributed by atoms with E-state index in [1.807, 2.05) is 0 Å². The van der Waals surface area contributed by atoms with Gasteiger partial charge in [0.05, 0.1) is 12.9 Å². The minimum absolute atomic E-state index is 0.112. The van der Waals surface area contributed by atoms with Crippen LogP contribution in [0.3, 0.4) is 0 Å². The van der Waals surface area contributed by atoms with Crippen LogP contribution in [0.5, 0.6) is 5.75 Å². The second kappa shape index (κ2) is 8.60. The van der Waals surface area contributed by atoms with Crippen LogP contribution in [-0.2, 0) is 9.53 Å². The van der Waals surface area contributed by atoms with Gasteiger partial charge in [0.2, 0.25) is 0 Å². The minimum atomic E-state index is -0.357. The largest absolute Gasteiger partial charge is 0.484 e. The van der Waals surface area contributed by atoms with Crippen molar-refractivity contribution in [3.63, 3.8) is 0 Å². The van der Waals surface area contributed by atoms with Gasteiger partial charge in [-0.3, -0.25) is 9.59 Å². The van der Waals surface area contributed by atoms with Gasteiger partial charge in [-0.25, -0.2) is 0 Å². The molecule has 2 N–H and O–H groups in total. The molecule has 0 aliphatic carbocycles. The van der Waals surface area contributed by atoms with Crippen molar-refractivity contribution in [3.8, 4) is 5.75 Å². The number of ether oxygens (including phenoxy) is 2. The summed E-state index contributed by atoms with van der Waals surface area (Å²) in [6.07, 6.45) is 1.43. The Morgan fingerprint density at radius 1 is 1.22 bits per heavy atom. The van der Waals surface area contributed by atoms with Gasteiger partial charge in [0.15, 0.2) is 12.4 Å². The SMILES string of the molecule is COCCNC(=O)COc1cccc(NC(=O)c2ccco2)c1. The molecule has 23 heavy (non-hydrogen) atoms. The molecule has 0 aliphatic heterocycles. The average molecular weight is 318 g/mol. The zero-order valence-corrected chi connectivity index (χ0v) is 12.7. The first-order valence-corrected chi connectivity index (χ1v) is 7.02. The van der Waals surface area contributed by atoms with Gasteiger partial charge >= 0.3 is 0 Å². The lowest BCUT2D eigenvalue weighted by Crippen LogP contribution is -2.31. The predicted molar refractivity (Wildman–Crippen MR) is 83.5 cm³/mol. The fourth-order valence-electron chi connectivity index (χ4n) is 1.76. The molecule has 2 amide bonds. The van der Waals surface area contributed by atoms with Crippen molar-refractivity contribution in [2.45, 2.75) is 0 Å². The zero-order chi connectivity index (χ0) is 16.5. The van der Waals surface area contributed by atoms with E-state index in [2.05, 4.69) is 10.6 Å². The number of rotatable bonds is 8. The molecule has 1 aromatic carbocycles. The van der Waals surface area contributed by atoms with E-state index >= 15 is 0 Å². The van der Waals surface area contributed by atoms with Crippen molar-refractivity contribution in [2.24, 2.45) is 0 Å². The molecule has 0 aliphatic rings. The van der Waals surface area contributed by atoms with Crippen molar-refractivity contribution in [1.82, 2.24) is 5.32 Å². The van der Waals surface area contributed by atoms with Crippen LogP contribution in [0.15, 0.2) is 47.1 Å². The van der Waals surface area contributed by atoms with Gasteiger partial charge in [-0.05, 0) is 24.3 Å². The van der Waals surface area contributed by atoms with E-state index < -0.39 is 0 Å². The topological polar surface area (TPSA) is 89.8 Å². The lowest BCUT2D eigenvalue weighted by molar-refractivity contribution is -0.123. The number of anilines is 1. The molecule has 2 rings (SSSR count). The first kappa shape index (κ1) is 16.6. The maximum Gasteiger partial charge on any atom is 0.291 e. The second-order valence-corrected chi connectivity index (χ2v) is 4.59. The van der Waals surface area contributed by atoms with Crippen LogP contribution in [0.25, 0.3) is 0 Å². The van der Waals surface area contributed by atoms with Gasteiger partial charge in [0, 0.05) is 25.4 Å². The molecule has 0 bridgehead atoms. The third kappa shape index (κ3) is 5.48. The molecule has 0 saturated heterocycles. The molecule has 0 atom stereocenters. The van der Waals surface area contributed by atoms with Crippen molar-refractivity contribution in [2.75, 3.05) is 32.2 Å². The molecular formula is C16H18N2O5. The number of benzene rings is 1. The van der Waals surface area contributed by atoms with Gasteiger partial charge in [-0.2, -0.15) is 0 Å². The molecule has 0 radical (unpaired) electrons. The molecule has 0 fully saturated rings. The lowest BCUT2D eigenvalue weighted by Gasteiger charge is -2.09. The molecule has 1 aromatic heterocycles. The Kier molecular flexibility index (Phi) is 6.19. The average Bonchev–Trinajstić information content (AvgIpc) is 3.08. The van der Waals surface area contributed by atoms with E-state index in [1.54, 1.807) is 43.5 Å². The van der Waals surface area contributed by atoms with E-state index in [4.69, 9.17) is 13.9 Å². The molecule has 7 nitrogen and oxygen atoms in total. The number of methoxy groups -OCH3 is 1. The standard InChI is InChI=1S/C16H18N2O5/c1-21-9-7-17-15(19)11-23-13-5-2-4-12(10-13)18-16(20)14-6-3-8-22-14/h2-6,8,10H,7,9,11H2,1H3,(H,17,19)(H,18,20). The Labute approximate surface area is 133 Å². The van der Waals surface area contributed by atoms with Crippen molar-refractivity contribution in [1.29, 1.82) is 0 Å². The van der Waals surface area contributed by atoms with E-state index in [-0.39, 0.29) is 24.2 Å². The molecule has 2 aromatic rings. The Bertz CT molecular complexity index is 640. The molecule has 0 saturated carbocycles. The molecule has 7 heteroatoms. The summed E-state index contributed by atoms with van der Waals surface area (Å²) in [5.74, 6) is 0.0921. The molecule has 1 heterocycles. The van der Waals surface area contributed by atoms with E-state index in [9.17, 15) is 9.59 Å². The van der Waals surface area contributed by atoms with E-state index in [0.717, 1.165) is 0 Å². The number of furan rings is 1. The van der Waals surface area contributed by atoms with Crippen LogP contribution in [0.1, 0.15) is 10.6 Å². The van der Waals surface area contributed by atoms with Crippen LogP contribution < -0.4 is 15.4 Å². The Hall–Kier alpha value is -2.80. The summed E-state index contributed by atoms with van der Waals surface area (Å²) in [4.78, 5) is 23.4. The number of hydrogen-bond acceptors (Lipinski definition) is 5. The van der Waals surface area contributed by atoms with Gasteiger partial charge in [0.1, 0.15) is 5.75 Å². The molecule has 0 spiro atoms. The second-order valence-electron chi connectivity index (χ2n) is 4.59. The Morgan fingerprint density at radius 3 is 2.83 bits per heavy atom. The van der Waals surface area contributed by atoms with Crippen LogP contribution >= 0.6 is 0 Å². The van der Waals surface area contributed by atoms with Gasteiger partial charge in [-0.1, -0.05) is 6.07 Å². The van der Waals surface area contributed by atoms with E-state index in [1.165, 1.54) is 6.26 Å². The highest BCUT2D eigenvalue weighted by atomic mass is 16.5. The predicted octanol–water partition coefficient (Wildman–Crippen LogP) is 1.67. The van der Waals surface area contributed by atoms with Crippen LogP contribution in [0, 0.1) is 0 Å². The Morgan fingerprint density at radius 2 is 2.09 bits per heavy atom. The maximum atomic E-state index is 11.9. The van der Waals surface area contributed by atoms with Gasteiger partial charge < -0.3 is 24.5 Å². The number of carbonyl (C=O) groups is 2. The first-order valence-electron chi connectivity index (χ1n) is 7.02. The number of amides is 2. The summed E-state index contributed by atoms with van der Waals surface area (Å²) >= 11 is 0. The fourth-order valence-corrected chi connectivity index (χ4v) is 1.76. The highest BCUT2D eigenvalue weighted by Crippen LogP contribution is 2.18. The summed E-state index contributed by atoms with van der Waals surface area (Å²) in [7, 11) is 1.56. The smallest absolute Gasteiger partial charge is 0.291 e. The van der Waals surface area contributed by atoms with Crippen LogP contribution in [0.2, 0.25) is 0 Å². The number of carbonyl (C=O) groups excluding carboxylic acids is 2. The third-order valence-corrected chi connectivity index (χ3v) is 2.84. The lowest BCUT2D eigenvalue weighted by atomic mass is 10.3. The van der Waals surface area contributed by atoms with Gasteiger partial charge in [-0.15, -0.1) is 0 Å². The highest BCUT2D eigenvalue weighted by molar-refractivity contribution is 6.02. The highest BCUT2D eigenvalue weighted by Gasteiger charge is 2.09. The first-order chi connectivity index (χ1) is 11.2. The van der Waals surface area contributed by atoms with Crippen molar-refractivity contribution < 1.29 is 23.5 Å². The summed E-state index contributed by atoms with van der Waals surface area (Å²) < 4.78 is 15.2. The quantitative estimate of drug-likeness (QED) is 0.723. The third-order valence-electron chi connectivity index (χ3n) is 2.84. The minimum Gasteiger partial charge on any atom is -0.484 e. The normalized spacial score (nSPS) is 10.1. The Balaban J connectivity index is 1.85. The van der Waals surface area contributed by atoms with Crippen molar-refractivity contribution in [3.05, 3.63) is 48.4 Å². The number of nitrogens with one attached hydrogen (secondary N) is 2. The zero-order valence-electron chi connectivity index (χ0n) is 12.7. The van der Waals surface area contributed by atoms with E-state index in [0.29, 0.717) is 24.6 Å². The summed E-state index contributed by atoms with van der Waals surface area (Å²) in [5, 5.41) is 5.33. The fraction of sp³-hybridized carbons (Fsp3) is 0.250. The van der Waals surface area contributed by atoms with Crippen LogP contribution in [-0.4, -0.2) is 38.7 Å². The number of hydrogen-bond donors (Lipinski definition) is 2. The van der Waals surface area contributed by atoms with Crippen LogP contribution in [0.4, 0.5) is 5.69 Å².